The van der Waals surface area contributed by atoms with E-state index in [2.05, 4.69) is 9.97 Å². The highest BCUT2D eigenvalue weighted by molar-refractivity contribution is 7.17. The van der Waals surface area contributed by atoms with Crippen molar-refractivity contribution >= 4 is 45.6 Å². The van der Waals surface area contributed by atoms with Gasteiger partial charge in [0.15, 0.2) is 5.13 Å². The molecule has 0 saturated carbocycles. The van der Waals surface area contributed by atoms with E-state index in [4.69, 9.17) is 17.3 Å². The van der Waals surface area contributed by atoms with Gasteiger partial charge < -0.3 is 10.3 Å². The lowest BCUT2D eigenvalue weighted by Crippen LogP contribution is -2.27. The Morgan fingerprint density at radius 2 is 1.97 bits per heavy atom. The largest absolute Gasteiger partial charge is 0.365 e. The van der Waals surface area contributed by atoms with E-state index in [9.17, 15) is 9.59 Å². The Balaban J connectivity index is 1.72. The van der Waals surface area contributed by atoms with Crippen LogP contribution in [-0.2, 0) is 6.54 Å². The fourth-order valence-electron chi connectivity index (χ4n) is 3.15. The van der Waals surface area contributed by atoms with Gasteiger partial charge in [0.2, 0.25) is 0 Å². The first-order valence-corrected chi connectivity index (χ1v) is 10.5. The molecule has 9 heteroatoms. The Morgan fingerprint density at radius 1 is 1.19 bits per heavy atom. The smallest absolute Gasteiger partial charge is 0.264 e. The number of nitrogens with zero attached hydrogens (tertiary/aromatic N) is 4. The number of carbonyl (C=O) groups excluding carboxylic acids is 2. The summed E-state index contributed by atoms with van der Waals surface area (Å²) < 4.78 is 1.94. The molecule has 0 fully saturated rings. The summed E-state index contributed by atoms with van der Waals surface area (Å²) in [6, 6.07) is 12.7. The Labute approximate surface area is 187 Å². The third kappa shape index (κ3) is 4.35. The van der Waals surface area contributed by atoms with E-state index >= 15 is 0 Å². The van der Waals surface area contributed by atoms with Crippen LogP contribution in [0.4, 0.5) is 10.8 Å². The number of amides is 2. The van der Waals surface area contributed by atoms with Crippen molar-refractivity contribution in [3.63, 3.8) is 0 Å². The van der Waals surface area contributed by atoms with Gasteiger partial charge in [-0.25, -0.2) is 9.97 Å². The molecule has 2 aromatic carbocycles. The molecule has 0 unspecified atom stereocenters. The minimum atomic E-state index is -0.601. The molecule has 0 spiro atoms. The highest BCUT2D eigenvalue weighted by Gasteiger charge is 2.26. The first-order chi connectivity index (χ1) is 14.9. The van der Waals surface area contributed by atoms with E-state index in [1.807, 2.05) is 42.0 Å². The number of aryl methyl sites for hydroxylation is 1. The summed E-state index contributed by atoms with van der Waals surface area (Å²) in [4.78, 5) is 35.1. The van der Waals surface area contributed by atoms with Gasteiger partial charge in [0.1, 0.15) is 4.88 Å². The SMILES string of the molecule is Cc1cccc(Cl)c1N(C(=O)c1ccc(Cn2ccnc2)cc1)c1ncc(C(N)=O)s1. The highest BCUT2D eigenvalue weighted by atomic mass is 35.5. The fraction of sp³-hybridized carbons (Fsp3) is 0.0909. The van der Waals surface area contributed by atoms with Gasteiger partial charge in [-0.15, -0.1) is 0 Å². The van der Waals surface area contributed by atoms with Gasteiger partial charge in [0.25, 0.3) is 11.8 Å². The minimum absolute atomic E-state index is 0.258. The standard InChI is InChI=1S/C22H18ClN5O2S/c1-14-3-2-4-17(23)19(14)28(22-26-11-18(31-22)20(24)29)21(30)16-7-5-15(6-8-16)12-27-10-9-25-13-27/h2-11,13H,12H2,1H3,(H2,24,29). The molecule has 0 aliphatic carbocycles. The van der Waals surface area contributed by atoms with Gasteiger partial charge in [-0.2, -0.15) is 0 Å². The van der Waals surface area contributed by atoms with E-state index in [1.54, 1.807) is 30.7 Å². The number of rotatable bonds is 6. The van der Waals surface area contributed by atoms with Gasteiger partial charge in [-0.05, 0) is 36.2 Å². The number of para-hydroxylation sites is 1. The van der Waals surface area contributed by atoms with Crippen LogP contribution in [0.25, 0.3) is 0 Å². The van der Waals surface area contributed by atoms with Crippen molar-refractivity contribution in [2.24, 2.45) is 5.73 Å². The molecule has 2 amide bonds. The minimum Gasteiger partial charge on any atom is -0.365 e. The second kappa shape index (κ2) is 8.71. The van der Waals surface area contributed by atoms with Crippen LogP contribution in [0, 0.1) is 6.92 Å². The summed E-state index contributed by atoms with van der Waals surface area (Å²) in [6.07, 6.45) is 6.69. The third-order valence-electron chi connectivity index (χ3n) is 4.67. The molecule has 0 atom stereocenters. The predicted molar refractivity (Wildman–Crippen MR) is 121 cm³/mol. The fourth-order valence-corrected chi connectivity index (χ4v) is 4.23. The molecule has 0 bridgehead atoms. The highest BCUT2D eigenvalue weighted by Crippen LogP contribution is 2.38. The Bertz CT molecular complexity index is 1220. The van der Waals surface area contributed by atoms with Gasteiger partial charge in [-0.1, -0.05) is 47.2 Å². The molecule has 2 heterocycles. The first kappa shape index (κ1) is 20.8. The number of hydrogen-bond donors (Lipinski definition) is 1. The van der Waals surface area contributed by atoms with Gasteiger partial charge >= 0.3 is 0 Å². The van der Waals surface area contributed by atoms with Crippen molar-refractivity contribution in [2.45, 2.75) is 13.5 Å². The molecule has 4 rings (SSSR count). The van der Waals surface area contributed by atoms with Gasteiger partial charge in [0, 0.05) is 24.5 Å². The monoisotopic (exact) mass is 451 g/mol. The van der Waals surface area contributed by atoms with E-state index in [0.29, 0.717) is 27.9 Å². The third-order valence-corrected chi connectivity index (χ3v) is 5.97. The first-order valence-electron chi connectivity index (χ1n) is 9.34. The Kier molecular flexibility index (Phi) is 5.83. The van der Waals surface area contributed by atoms with Crippen LogP contribution < -0.4 is 10.6 Å². The number of imidazole rings is 1. The van der Waals surface area contributed by atoms with Gasteiger partial charge in [0.05, 0.1) is 23.2 Å². The lowest BCUT2D eigenvalue weighted by molar-refractivity contribution is 0.0992. The molecule has 7 nitrogen and oxygen atoms in total. The lowest BCUT2D eigenvalue weighted by atomic mass is 10.1. The van der Waals surface area contributed by atoms with Gasteiger partial charge in [-0.3, -0.25) is 14.5 Å². The zero-order valence-corrected chi connectivity index (χ0v) is 18.1. The molecule has 156 valence electrons. The average Bonchev–Trinajstić information content (AvgIpc) is 3.43. The van der Waals surface area contributed by atoms with Crippen LogP contribution in [0.2, 0.25) is 5.02 Å². The molecule has 0 radical (unpaired) electrons. The van der Waals surface area contributed by atoms with Crippen LogP contribution in [0.5, 0.6) is 0 Å². The predicted octanol–water partition coefficient (Wildman–Crippen LogP) is 4.43. The van der Waals surface area contributed by atoms with Crippen LogP contribution in [0.3, 0.4) is 0 Å². The number of benzene rings is 2. The van der Waals surface area contributed by atoms with Crippen LogP contribution in [-0.4, -0.2) is 26.3 Å². The van der Waals surface area contributed by atoms with E-state index < -0.39 is 5.91 Å². The molecule has 0 aliphatic heterocycles. The zero-order chi connectivity index (χ0) is 22.0. The Morgan fingerprint density at radius 3 is 2.58 bits per heavy atom. The van der Waals surface area contributed by atoms with Crippen molar-refractivity contribution in [1.29, 1.82) is 0 Å². The maximum Gasteiger partial charge on any atom is 0.264 e. The number of halogens is 1. The van der Waals surface area contributed by atoms with E-state index in [0.717, 1.165) is 22.5 Å². The maximum atomic E-state index is 13.6. The van der Waals surface area contributed by atoms with Crippen molar-refractivity contribution in [2.75, 3.05) is 4.90 Å². The average molecular weight is 452 g/mol. The lowest BCUT2D eigenvalue weighted by Gasteiger charge is -2.23. The number of thiazole rings is 1. The van der Waals surface area contributed by atoms with Crippen LogP contribution in [0.15, 0.2) is 67.4 Å². The molecule has 0 aliphatic rings. The number of anilines is 2. The van der Waals surface area contributed by atoms with Crippen molar-refractivity contribution in [1.82, 2.24) is 14.5 Å². The number of aromatic nitrogens is 3. The summed E-state index contributed by atoms with van der Waals surface area (Å²) in [5, 5.41) is 0.721. The van der Waals surface area contributed by atoms with Crippen molar-refractivity contribution < 1.29 is 9.59 Å². The van der Waals surface area contributed by atoms with Crippen LogP contribution >= 0.6 is 22.9 Å². The molecule has 4 aromatic rings. The summed E-state index contributed by atoms with van der Waals surface area (Å²) >= 11 is 7.50. The van der Waals surface area contributed by atoms with Crippen molar-refractivity contribution in [3.8, 4) is 0 Å². The van der Waals surface area contributed by atoms with E-state index in [-0.39, 0.29) is 10.8 Å². The second-order valence-electron chi connectivity index (χ2n) is 6.85. The Hall–Kier alpha value is -3.49. The molecular weight excluding hydrogens is 434 g/mol. The summed E-state index contributed by atoms with van der Waals surface area (Å²) in [5.41, 5.74) is 8.19. The van der Waals surface area contributed by atoms with Crippen molar-refractivity contribution in [3.05, 3.63) is 94.0 Å². The normalized spacial score (nSPS) is 10.8. The molecule has 2 aromatic heterocycles. The second-order valence-corrected chi connectivity index (χ2v) is 8.27. The summed E-state index contributed by atoms with van der Waals surface area (Å²) in [5.74, 6) is -0.911. The number of carbonyl (C=O) groups is 2. The molecular formula is C22H18ClN5O2S. The maximum absolute atomic E-state index is 13.6. The topological polar surface area (TPSA) is 94.1 Å². The zero-order valence-electron chi connectivity index (χ0n) is 16.5. The number of hydrogen-bond acceptors (Lipinski definition) is 5. The summed E-state index contributed by atoms with van der Waals surface area (Å²) in [6.45, 7) is 2.51. The summed E-state index contributed by atoms with van der Waals surface area (Å²) in [7, 11) is 0. The van der Waals surface area contributed by atoms with Crippen LogP contribution in [0.1, 0.15) is 31.2 Å². The molecule has 31 heavy (non-hydrogen) atoms. The quantitative estimate of drug-likeness (QED) is 0.469. The molecule has 2 N–H and O–H groups in total. The number of nitrogens with two attached hydrogens (primary N) is 1. The molecule has 0 saturated heterocycles. The van der Waals surface area contributed by atoms with E-state index in [1.165, 1.54) is 11.1 Å². The number of primary amides is 1.